The normalized spacial score (nSPS) is 15.2. The van der Waals surface area contributed by atoms with Crippen molar-refractivity contribution in [2.45, 2.75) is 32.4 Å². The van der Waals surface area contributed by atoms with Crippen LogP contribution in [0.15, 0.2) is 24.4 Å². The first-order chi connectivity index (χ1) is 12.0. The summed E-state index contributed by atoms with van der Waals surface area (Å²) in [6.45, 7) is 3.44. The van der Waals surface area contributed by atoms with Crippen LogP contribution in [-0.4, -0.2) is 35.1 Å². The first kappa shape index (κ1) is 17.6. The van der Waals surface area contributed by atoms with E-state index in [1.165, 1.54) is 12.1 Å². The molecule has 25 heavy (non-hydrogen) atoms. The maximum Gasteiger partial charge on any atom is 0.317 e. The Morgan fingerprint density at radius 1 is 1.40 bits per heavy atom. The number of halogens is 2. The lowest BCUT2D eigenvalue weighted by Gasteiger charge is -2.32. The van der Waals surface area contributed by atoms with Gasteiger partial charge in [-0.05, 0) is 19.1 Å². The third-order valence-corrected chi connectivity index (χ3v) is 4.91. The Hall–Kier alpha value is -2.22. The molecule has 1 aliphatic rings. The molecule has 5 nitrogen and oxygen atoms in total. The number of carbonyl (C=O) groups excluding carboxylic acids is 1. The molecule has 0 spiro atoms. The zero-order valence-corrected chi connectivity index (χ0v) is 14.6. The number of nitrogens with one attached hydrogen (secondary N) is 1. The number of piperidine rings is 1. The van der Waals surface area contributed by atoms with Gasteiger partial charge in [0.15, 0.2) is 11.6 Å². The van der Waals surface area contributed by atoms with Gasteiger partial charge >= 0.3 is 6.03 Å². The van der Waals surface area contributed by atoms with Gasteiger partial charge in [0.2, 0.25) is 0 Å². The van der Waals surface area contributed by atoms with E-state index in [-0.39, 0.29) is 17.9 Å². The zero-order chi connectivity index (χ0) is 17.8. The third-order valence-electron chi connectivity index (χ3n) is 4.00. The standard InChI is InChI=1S/C17H19F2N3O2S/c1-11-20-9-14(25-11)10-21-17(23)22-6-4-13(5-7-22)24-16-3-2-12(18)8-15(16)19/h2-3,8-9,13H,4-7,10H2,1H3,(H,21,23). The van der Waals surface area contributed by atoms with Gasteiger partial charge in [-0.1, -0.05) is 0 Å². The van der Waals surface area contributed by atoms with Crippen molar-refractivity contribution in [1.82, 2.24) is 15.2 Å². The number of aromatic nitrogens is 1. The van der Waals surface area contributed by atoms with Crippen LogP contribution < -0.4 is 10.1 Å². The molecule has 1 aromatic heterocycles. The predicted molar refractivity (Wildman–Crippen MR) is 90.7 cm³/mol. The smallest absolute Gasteiger partial charge is 0.317 e. The van der Waals surface area contributed by atoms with Crippen LogP contribution in [0.2, 0.25) is 0 Å². The van der Waals surface area contributed by atoms with E-state index in [1.54, 1.807) is 22.4 Å². The highest BCUT2D eigenvalue weighted by Gasteiger charge is 2.24. The van der Waals surface area contributed by atoms with Gasteiger partial charge in [0.1, 0.15) is 11.9 Å². The molecular formula is C17H19F2N3O2S. The van der Waals surface area contributed by atoms with E-state index >= 15 is 0 Å². The van der Waals surface area contributed by atoms with Crippen molar-refractivity contribution < 1.29 is 18.3 Å². The summed E-state index contributed by atoms with van der Waals surface area (Å²) in [5.74, 6) is -1.29. The molecule has 0 unspecified atom stereocenters. The Balaban J connectivity index is 1.45. The van der Waals surface area contributed by atoms with E-state index in [1.807, 2.05) is 6.92 Å². The molecule has 2 aromatic rings. The van der Waals surface area contributed by atoms with Crippen LogP contribution in [0.3, 0.4) is 0 Å². The van der Waals surface area contributed by atoms with Gasteiger partial charge in [-0.2, -0.15) is 0 Å². The number of ether oxygens (including phenoxy) is 1. The summed E-state index contributed by atoms with van der Waals surface area (Å²) in [6.07, 6.45) is 2.78. The third kappa shape index (κ3) is 4.66. The molecule has 1 aliphatic heterocycles. The van der Waals surface area contributed by atoms with Gasteiger partial charge in [0.25, 0.3) is 0 Å². The van der Waals surface area contributed by atoms with Gasteiger partial charge in [0, 0.05) is 43.1 Å². The minimum atomic E-state index is -0.708. The summed E-state index contributed by atoms with van der Waals surface area (Å²) in [5.41, 5.74) is 0. The van der Waals surface area contributed by atoms with E-state index in [2.05, 4.69) is 10.3 Å². The van der Waals surface area contributed by atoms with Crippen LogP contribution in [0.5, 0.6) is 5.75 Å². The van der Waals surface area contributed by atoms with Crippen LogP contribution in [0.4, 0.5) is 13.6 Å². The summed E-state index contributed by atoms with van der Waals surface area (Å²) in [6, 6.07) is 3.14. The van der Waals surface area contributed by atoms with Crippen LogP contribution in [0.1, 0.15) is 22.7 Å². The second-order valence-electron chi connectivity index (χ2n) is 5.88. The lowest BCUT2D eigenvalue weighted by Crippen LogP contribution is -2.46. The maximum absolute atomic E-state index is 13.6. The van der Waals surface area contributed by atoms with E-state index < -0.39 is 11.6 Å². The molecule has 1 aromatic carbocycles. The zero-order valence-electron chi connectivity index (χ0n) is 13.8. The Morgan fingerprint density at radius 2 is 2.16 bits per heavy atom. The number of hydrogen-bond acceptors (Lipinski definition) is 4. The van der Waals surface area contributed by atoms with Crippen molar-refractivity contribution in [1.29, 1.82) is 0 Å². The molecule has 2 amide bonds. The fourth-order valence-electron chi connectivity index (χ4n) is 2.69. The van der Waals surface area contributed by atoms with E-state index in [9.17, 15) is 13.6 Å². The Labute approximate surface area is 148 Å². The summed E-state index contributed by atoms with van der Waals surface area (Å²) in [7, 11) is 0. The predicted octanol–water partition coefficient (Wildman–Crippen LogP) is 3.48. The molecule has 3 rings (SSSR count). The molecule has 0 aliphatic carbocycles. The van der Waals surface area contributed by atoms with Crippen LogP contribution in [0.25, 0.3) is 0 Å². The molecule has 0 saturated carbocycles. The Morgan fingerprint density at radius 3 is 2.80 bits per heavy atom. The van der Waals surface area contributed by atoms with Crippen LogP contribution >= 0.6 is 11.3 Å². The van der Waals surface area contributed by atoms with Crippen molar-refractivity contribution in [2.24, 2.45) is 0 Å². The summed E-state index contributed by atoms with van der Waals surface area (Å²) >= 11 is 1.55. The molecule has 0 atom stereocenters. The minimum Gasteiger partial charge on any atom is -0.487 e. The fraction of sp³-hybridized carbons (Fsp3) is 0.412. The Bertz CT molecular complexity index is 745. The Kier molecular flexibility index (Phi) is 5.47. The minimum absolute atomic E-state index is 0.0462. The fourth-order valence-corrected chi connectivity index (χ4v) is 3.42. The van der Waals surface area contributed by atoms with Gasteiger partial charge in [0.05, 0.1) is 11.6 Å². The lowest BCUT2D eigenvalue weighted by molar-refractivity contribution is 0.107. The van der Waals surface area contributed by atoms with Crippen LogP contribution in [-0.2, 0) is 6.54 Å². The number of nitrogens with zero attached hydrogens (tertiary/aromatic N) is 2. The van der Waals surface area contributed by atoms with E-state index in [0.29, 0.717) is 32.5 Å². The molecule has 134 valence electrons. The second kappa shape index (κ2) is 7.77. The van der Waals surface area contributed by atoms with Gasteiger partial charge < -0.3 is 15.0 Å². The van der Waals surface area contributed by atoms with E-state index in [4.69, 9.17) is 4.74 Å². The number of rotatable bonds is 4. The molecule has 1 saturated heterocycles. The lowest BCUT2D eigenvalue weighted by atomic mass is 10.1. The second-order valence-corrected chi connectivity index (χ2v) is 7.20. The van der Waals surface area contributed by atoms with Gasteiger partial charge in [-0.25, -0.2) is 18.6 Å². The first-order valence-corrected chi connectivity index (χ1v) is 8.88. The highest BCUT2D eigenvalue weighted by Crippen LogP contribution is 2.23. The van der Waals surface area contributed by atoms with Crippen molar-refractivity contribution in [2.75, 3.05) is 13.1 Å². The quantitative estimate of drug-likeness (QED) is 0.900. The number of hydrogen-bond donors (Lipinski definition) is 1. The van der Waals surface area contributed by atoms with Gasteiger partial charge in [-0.3, -0.25) is 0 Å². The topological polar surface area (TPSA) is 54.5 Å². The van der Waals surface area contributed by atoms with Crippen LogP contribution in [0, 0.1) is 18.6 Å². The highest BCUT2D eigenvalue weighted by molar-refractivity contribution is 7.11. The molecule has 2 heterocycles. The highest BCUT2D eigenvalue weighted by atomic mass is 32.1. The van der Waals surface area contributed by atoms with Crippen molar-refractivity contribution >= 4 is 17.4 Å². The summed E-state index contributed by atoms with van der Waals surface area (Å²) in [5, 5.41) is 3.84. The summed E-state index contributed by atoms with van der Waals surface area (Å²) < 4.78 is 32.1. The molecule has 8 heteroatoms. The average Bonchev–Trinajstić information content (AvgIpc) is 3.01. The number of benzene rings is 1. The van der Waals surface area contributed by atoms with Crippen molar-refractivity contribution in [3.05, 3.63) is 45.9 Å². The number of carbonyl (C=O) groups is 1. The SMILES string of the molecule is Cc1ncc(CNC(=O)N2CCC(Oc3ccc(F)cc3F)CC2)s1. The van der Waals surface area contributed by atoms with Gasteiger partial charge in [-0.15, -0.1) is 11.3 Å². The molecular weight excluding hydrogens is 348 g/mol. The monoisotopic (exact) mass is 367 g/mol. The molecule has 0 bridgehead atoms. The summed E-state index contributed by atoms with van der Waals surface area (Å²) in [4.78, 5) is 19.1. The number of thiazole rings is 1. The van der Waals surface area contributed by atoms with E-state index in [0.717, 1.165) is 16.0 Å². The number of amides is 2. The average molecular weight is 367 g/mol. The first-order valence-electron chi connectivity index (χ1n) is 8.07. The molecule has 1 fully saturated rings. The largest absolute Gasteiger partial charge is 0.487 e. The molecule has 1 N–H and O–H groups in total. The maximum atomic E-state index is 13.6. The molecule has 0 radical (unpaired) electrons. The van der Waals surface area contributed by atoms with Crippen molar-refractivity contribution in [3.63, 3.8) is 0 Å². The number of likely N-dealkylation sites (tertiary alicyclic amines) is 1. The number of aryl methyl sites for hydroxylation is 1. The number of urea groups is 1. The van der Waals surface area contributed by atoms with Crippen molar-refractivity contribution in [3.8, 4) is 5.75 Å².